The summed E-state index contributed by atoms with van der Waals surface area (Å²) in [4.78, 5) is 61.8. The third-order valence-electron chi connectivity index (χ3n) is 7.28. The summed E-state index contributed by atoms with van der Waals surface area (Å²) in [5.74, 6) is -2.66. The minimum Gasteiger partial charge on any atom is -0.480 e. The Bertz CT molecular complexity index is 1320. The second-order valence-corrected chi connectivity index (χ2v) is 10.3. The van der Waals surface area contributed by atoms with E-state index in [4.69, 9.17) is 5.73 Å². The number of nitrogens with zero attached hydrogens (tertiary/aromatic N) is 1. The van der Waals surface area contributed by atoms with Crippen LogP contribution in [0.2, 0.25) is 0 Å². The quantitative estimate of drug-likeness (QED) is 0.118. The smallest absolute Gasteiger partial charge is 0.326 e. The topological polar surface area (TPSA) is 207 Å². The first-order chi connectivity index (χ1) is 19.9. The monoisotopic (exact) mass is 566 g/mol. The van der Waals surface area contributed by atoms with Crippen LogP contribution >= 0.6 is 0 Å². The molecule has 0 aliphatic carbocycles. The third kappa shape index (κ3) is 8.14. The standard InChI is InChI=1S/C28H38N8O5/c29-10-4-3-8-22(26(38)36-24(28(40)41)13-18-15-30-16-33-18)34-27(39)23(35-25(37)21-9-5-11-31-21)12-17-14-32-20-7-2-1-6-19(17)20/h1-2,6-7,14-16,21-24,31-32H,3-5,8-13,29H2,(H,30,33)(H,34,39)(H,35,37)(H,36,38)(H,40,41). The number of rotatable bonds is 15. The molecule has 13 heteroatoms. The van der Waals surface area contributed by atoms with Crippen LogP contribution in [0.15, 0.2) is 43.0 Å². The lowest BCUT2D eigenvalue weighted by atomic mass is 10.0. The number of fused-ring (bicyclic) bond motifs is 1. The van der Waals surface area contributed by atoms with Gasteiger partial charge in [0.15, 0.2) is 0 Å². The van der Waals surface area contributed by atoms with Crippen LogP contribution < -0.4 is 27.0 Å². The van der Waals surface area contributed by atoms with Crippen LogP contribution in [0.4, 0.5) is 0 Å². The number of aliphatic carboxylic acids is 1. The van der Waals surface area contributed by atoms with Crippen molar-refractivity contribution in [3.05, 3.63) is 54.2 Å². The van der Waals surface area contributed by atoms with Crippen LogP contribution in [0.3, 0.4) is 0 Å². The molecule has 4 unspecified atom stereocenters. The molecule has 4 rings (SSSR count). The van der Waals surface area contributed by atoms with Crippen molar-refractivity contribution >= 4 is 34.6 Å². The van der Waals surface area contributed by atoms with E-state index in [2.05, 4.69) is 36.2 Å². The SMILES string of the molecule is NCCCCC(NC(=O)C(Cc1c[nH]c2ccccc12)NC(=O)C1CCCN1)C(=O)NC(Cc1cnc[nH]1)C(=O)O. The molecule has 41 heavy (non-hydrogen) atoms. The average molecular weight is 567 g/mol. The Hall–Kier alpha value is -4.23. The molecule has 1 aliphatic rings. The summed E-state index contributed by atoms with van der Waals surface area (Å²) >= 11 is 0. The van der Waals surface area contributed by atoms with E-state index in [-0.39, 0.29) is 25.2 Å². The number of unbranched alkanes of at least 4 members (excludes halogenated alkanes) is 1. The van der Waals surface area contributed by atoms with E-state index in [1.54, 1.807) is 0 Å². The van der Waals surface area contributed by atoms with Crippen LogP contribution in [-0.2, 0) is 32.0 Å². The van der Waals surface area contributed by atoms with Gasteiger partial charge >= 0.3 is 5.97 Å². The molecule has 3 aromatic rings. The molecule has 0 saturated carbocycles. The first-order valence-electron chi connectivity index (χ1n) is 13.9. The van der Waals surface area contributed by atoms with E-state index in [9.17, 15) is 24.3 Å². The number of hydrogen-bond donors (Lipinski definition) is 8. The summed E-state index contributed by atoms with van der Waals surface area (Å²) < 4.78 is 0. The van der Waals surface area contributed by atoms with Gasteiger partial charge in [0.1, 0.15) is 18.1 Å². The predicted octanol–water partition coefficient (Wildman–Crippen LogP) is 0.0962. The minimum absolute atomic E-state index is 0.00181. The van der Waals surface area contributed by atoms with E-state index in [0.717, 1.165) is 29.4 Å². The fraction of sp³-hybridized carbons (Fsp3) is 0.464. The Morgan fingerprint density at radius 1 is 1.00 bits per heavy atom. The zero-order valence-corrected chi connectivity index (χ0v) is 22.8. The highest BCUT2D eigenvalue weighted by Gasteiger charge is 2.32. The molecule has 220 valence electrons. The highest BCUT2D eigenvalue weighted by atomic mass is 16.4. The summed E-state index contributed by atoms with van der Waals surface area (Å²) in [5, 5.41) is 22.0. The van der Waals surface area contributed by atoms with Gasteiger partial charge in [-0.15, -0.1) is 0 Å². The minimum atomic E-state index is -1.23. The number of nitrogens with one attached hydrogen (secondary N) is 6. The van der Waals surface area contributed by atoms with Crippen LogP contribution in [-0.4, -0.2) is 81.0 Å². The Balaban J connectivity index is 1.51. The Kier molecular flexibility index (Phi) is 10.5. The number of benzene rings is 1. The Morgan fingerprint density at radius 3 is 2.49 bits per heavy atom. The molecule has 1 aliphatic heterocycles. The molecular formula is C28H38N8O5. The molecule has 0 bridgehead atoms. The van der Waals surface area contributed by atoms with Crippen molar-refractivity contribution in [1.82, 2.24) is 36.2 Å². The number of carboxylic acids is 1. The maximum Gasteiger partial charge on any atom is 0.326 e. The molecule has 4 atom stereocenters. The predicted molar refractivity (Wildman–Crippen MR) is 152 cm³/mol. The molecule has 0 radical (unpaired) electrons. The summed E-state index contributed by atoms with van der Waals surface area (Å²) in [7, 11) is 0. The first-order valence-corrected chi connectivity index (χ1v) is 13.9. The van der Waals surface area contributed by atoms with E-state index >= 15 is 0 Å². The zero-order chi connectivity index (χ0) is 29.2. The maximum atomic E-state index is 13.7. The van der Waals surface area contributed by atoms with Gasteiger partial charge in [-0.1, -0.05) is 18.2 Å². The normalized spacial score (nSPS) is 17.0. The molecule has 13 nitrogen and oxygen atoms in total. The first kappa shape index (κ1) is 29.7. The number of aromatic amines is 2. The summed E-state index contributed by atoms with van der Waals surface area (Å²) in [6, 6.07) is 4.05. The van der Waals surface area contributed by atoms with E-state index in [1.807, 2.05) is 30.5 Å². The van der Waals surface area contributed by atoms with Gasteiger partial charge in [-0.2, -0.15) is 0 Å². The summed E-state index contributed by atoms with van der Waals surface area (Å²) in [6.45, 7) is 1.14. The van der Waals surface area contributed by atoms with Gasteiger partial charge in [-0.25, -0.2) is 9.78 Å². The van der Waals surface area contributed by atoms with Crippen molar-refractivity contribution < 1.29 is 24.3 Å². The largest absolute Gasteiger partial charge is 0.480 e. The highest BCUT2D eigenvalue weighted by Crippen LogP contribution is 2.20. The number of carboxylic acid groups (broad SMARTS) is 1. The molecular weight excluding hydrogens is 528 g/mol. The number of hydrogen-bond acceptors (Lipinski definition) is 7. The molecule has 3 amide bonds. The number of para-hydroxylation sites is 1. The molecule has 1 aromatic carbocycles. The number of imidazole rings is 1. The summed E-state index contributed by atoms with van der Waals surface area (Å²) in [6.07, 6.45) is 7.87. The number of nitrogens with two attached hydrogens (primary N) is 1. The molecule has 1 saturated heterocycles. The lowest BCUT2D eigenvalue weighted by Crippen LogP contribution is -2.57. The van der Waals surface area contributed by atoms with Crippen LogP contribution in [0.25, 0.3) is 10.9 Å². The highest BCUT2D eigenvalue weighted by molar-refractivity contribution is 5.95. The van der Waals surface area contributed by atoms with Gasteiger partial charge in [0.05, 0.1) is 12.4 Å². The number of H-pyrrole nitrogens is 2. The van der Waals surface area contributed by atoms with Crippen molar-refractivity contribution in [3.63, 3.8) is 0 Å². The van der Waals surface area contributed by atoms with Crippen molar-refractivity contribution in [2.24, 2.45) is 5.73 Å². The third-order valence-corrected chi connectivity index (χ3v) is 7.28. The lowest BCUT2D eigenvalue weighted by Gasteiger charge is -2.25. The van der Waals surface area contributed by atoms with Gasteiger partial charge in [-0.05, 0) is 56.8 Å². The lowest BCUT2D eigenvalue weighted by molar-refractivity contribution is -0.142. The Morgan fingerprint density at radius 2 is 1.78 bits per heavy atom. The average Bonchev–Trinajstić information content (AvgIpc) is 3.75. The van der Waals surface area contributed by atoms with Gasteiger partial charge in [-0.3, -0.25) is 14.4 Å². The molecule has 1 fully saturated rings. The molecule has 0 spiro atoms. The van der Waals surface area contributed by atoms with Crippen molar-refractivity contribution in [3.8, 4) is 0 Å². The fourth-order valence-electron chi connectivity index (χ4n) is 5.03. The van der Waals surface area contributed by atoms with Crippen LogP contribution in [0.1, 0.15) is 43.4 Å². The van der Waals surface area contributed by atoms with E-state index in [1.165, 1.54) is 12.5 Å². The summed E-state index contributed by atoms with van der Waals surface area (Å²) in [5.41, 5.74) is 7.93. The second-order valence-electron chi connectivity index (χ2n) is 10.3. The van der Waals surface area contributed by atoms with E-state index < -0.39 is 42.0 Å². The number of carbonyl (C=O) groups excluding carboxylic acids is 3. The second kappa shape index (κ2) is 14.4. The molecule has 9 N–H and O–H groups in total. The van der Waals surface area contributed by atoms with Gasteiger partial charge in [0, 0.05) is 41.8 Å². The number of amides is 3. The van der Waals surface area contributed by atoms with Crippen molar-refractivity contribution in [2.45, 2.75) is 69.1 Å². The molecule has 2 aromatic heterocycles. The van der Waals surface area contributed by atoms with Crippen molar-refractivity contribution in [1.29, 1.82) is 0 Å². The van der Waals surface area contributed by atoms with Crippen LogP contribution in [0, 0.1) is 0 Å². The fourth-order valence-corrected chi connectivity index (χ4v) is 5.03. The van der Waals surface area contributed by atoms with Gasteiger partial charge in [0.25, 0.3) is 0 Å². The van der Waals surface area contributed by atoms with Gasteiger partial charge < -0.3 is 42.1 Å². The zero-order valence-electron chi connectivity index (χ0n) is 22.8. The number of carbonyl (C=O) groups is 4. The van der Waals surface area contributed by atoms with E-state index in [0.29, 0.717) is 31.5 Å². The number of aromatic nitrogens is 3. The maximum absolute atomic E-state index is 13.7. The van der Waals surface area contributed by atoms with Gasteiger partial charge in [0.2, 0.25) is 17.7 Å². The molecule has 3 heterocycles. The van der Waals surface area contributed by atoms with Crippen molar-refractivity contribution in [2.75, 3.05) is 13.1 Å². The Labute approximate surface area is 237 Å². The van der Waals surface area contributed by atoms with Crippen LogP contribution in [0.5, 0.6) is 0 Å².